The van der Waals surface area contributed by atoms with Crippen LogP contribution in [0.5, 0.6) is 0 Å². The van der Waals surface area contributed by atoms with Gasteiger partial charge in [0.1, 0.15) is 5.82 Å². The number of nitrogens with zero attached hydrogens (tertiary/aromatic N) is 5. The summed E-state index contributed by atoms with van der Waals surface area (Å²) in [5, 5.41) is 5.12. The van der Waals surface area contributed by atoms with Crippen molar-refractivity contribution in [3.05, 3.63) is 54.6 Å². The molecule has 0 spiro atoms. The second-order valence-corrected chi connectivity index (χ2v) is 7.30. The Labute approximate surface area is 146 Å². The summed E-state index contributed by atoms with van der Waals surface area (Å²) < 4.78 is 24.6. The largest absolute Gasteiger partial charge is 0.347 e. The van der Waals surface area contributed by atoms with Gasteiger partial charge in [0.05, 0.1) is 10.5 Å². The van der Waals surface area contributed by atoms with Gasteiger partial charge in [-0.25, -0.2) is 28.5 Å². The number of benzene rings is 1. The molecule has 0 unspecified atom stereocenters. The first kappa shape index (κ1) is 17.1. The van der Waals surface area contributed by atoms with E-state index in [0.29, 0.717) is 12.5 Å². The first-order valence-electron chi connectivity index (χ1n) is 7.47. The molecule has 0 radical (unpaired) electrons. The fraction of sp³-hybridized carbons (Fsp3) is 0.188. The van der Waals surface area contributed by atoms with Crippen LogP contribution in [-0.2, 0) is 16.6 Å². The summed E-state index contributed by atoms with van der Waals surface area (Å²) >= 11 is 0. The zero-order valence-corrected chi connectivity index (χ0v) is 14.7. The number of hydrogen-bond acceptors (Lipinski definition) is 6. The van der Waals surface area contributed by atoms with Crippen molar-refractivity contribution >= 4 is 16.0 Å². The zero-order chi connectivity index (χ0) is 18.0. The lowest BCUT2D eigenvalue weighted by atomic mass is 10.2. The molecule has 2 aromatic heterocycles. The van der Waals surface area contributed by atoms with E-state index in [4.69, 9.17) is 5.14 Å². The number of primary sulfonamides is 1. The highest BCUT2D eigenvalue weighted by molar-refractivity contribution is 7.89. The smallest absolute Gasteiger partial charge is 0.238 e. The normalized spacial score (nSPS) is 11.5. The minimum atomic E-state index is -3.68. The van der Waals surface area contributed by atoms with Crippen molar-refractivity contribution in [2.45, 2.75) is 11.4 Å². The van der Waals surface area contributed by atoms with E-state index >= 15 is 0 Å². The molecule has 0 bridgehead atoms. The number of aromatic nitrogens is 4. The number of sulfonamides is 1. The highest BCUT2D eigenvalue weighted by Crippen LogP contribution is 2.19. The molecule has 0 aliphatic carbocycles. The summed E-state index contributed by atoms with van der Waals surface area (Å²) in [6.45, 7) is 0.537. The quantitative estimate of drug-likeness (QED) is 0.732. The van der Waals surface area contributed by atoms with Gasteiger partial charge in [-0.2, -0.15) is 0 Å². The van der Waals surface area contributed by atoms with Gasteiger partial charge in [-0.15, -0.1) is 0 Å². The Morgan fingerprint density at radius 2 is 1.72 bits per heavy atom. The Balaban J connectivity index is 1.84. The maximum atomic E-state index is 11.3. The summed E-state index contributed by atoms with van der Waals surface area (Å²) in [5.74, 6) is 1.36. The summed E-state index contributed by atoms with van der Waals surface area (Å²) in [7, 11) is 0.0687. The third-order valence-corrected chi connectivity index (χ3v) is 4.55. The third-order valence-electron chi connectivity index (χ3n) is 3.62. The van der Waals surface area contributed by atoms with E-state index in [9.17, 15) is 8.42 Å². The molecule has 25 heavy (non-hydrogen) atoms. The highest BCUT2D eigenvalue weighted by Gasteiger charge is 2.10. The molecule has 0 amide bonds. The summed E-state index contributed by atoms with van der Waals surface area (Å²) in [6, 6.07) is 6.46. The van der Waals surface area contributed by atoms with Gasteiger partial charge in [0.25, 0.3) is 0 Å². The van der Waals surface area contributed by atoms with E-state index in [1.807, 2.05) is 29.8 Å². The van der Waals surface area contributed by atoms with Crippen LogP contribution in [-0.4, -0.2) is 42.0 Å². The predicted molar refractivity (Wildman–Crippen MR) is 94.5 cm³/mol. The van der Waals surface area contributed by atoms with E-state index < -0.39 is 10.0 Å². The molecule has 0 aliphatic heterocycles. The molecule has 0 atom stereocenters. The SMILES string of the molecule is CN(C)c1ncc(-c2nccn2Cc2ccc(S(N)(=O)=O)cc2)cn1. The molecule has 8 nitrogen and oxygen atoms in total. The maximum Gasteiger partial charge on any atom is 0.238 e. The van der Waals surface area contributed by atoms with Crippen molar-refractivity contribution in [1.29, 1.82) is 0 Å². The number of hydrogen-bond donors (Lipinski definition) is 1. The van der Waals surface area contributed by atoms with Crippen molar-refractivity contribution in [2.24, 2.45) is 5.14 Å². The Kier molecular flexibility index (Phi) is 4.51. The Bertz CT molecular complexity index is 963. The average molecular weight is 358 g/mol. The first-order valence-corrected chi connectivity index (χ1v) is 9.02. The Morgan fingerprint density at radius 1 is 1.08 bits per heavy atom. The van der Waals surface area contributed by atoms with Crippen LogP contribution in [0.4, 0.5) is 5.95 Å². The van der Waals surface area contributed by atoms with Gasteiger partial charge < -0.3 is 9.47 Å². The van der Waals surface area contributed by atoms with E-state index in [2.05, 4.69) is 15.0 Å². The van der Waals surface area contributed by atoms with Crippen LogP contribution in [0.2, 0.25) is 0 Å². The van der Waals surface area contributed by atoms with Gasteiger partial charge in [-0.05, 0) is 17.7 Å². The lowest BCUT2D eigenvalue weighted by molar-refractivity contribution is 0.597. The Hall–Kier alpha value is -2.78. The fourth-order valence-electron chi connectivity index (χ4n) is 2.35. The number of imidazole rings is 1. The predicted octanol–water partition coefficient (Wildman–Crippen LogP) is 1.10. The Morgan fingerprint density at radius 3 is 2.28 bits per heavy atom. The molecule has 3 rings (SSSR count). The molecule has 3 aromatic rings. The molecular formula is C16H18N6O2S. The highest BCUT2D eigenvalue weighted by atomic mass is 32.2. The van der Waals surface area contributed by atoms with Crippen molar-refractivity contribution in [2.75, 3.05) is 19.0 Å². The third kappa shape index (κ3) is 3.83. The lowest BCUT2D eigenvalue weighted by Crippen LogP contribution is -2.12. The summed E-state index contributed by atoms with van der Waals surface area (Å²) in [5.41, 5.74) is 1.73. The second kappa shape index (κ2) is 6.61. The fourth-order valence-corrected chi connectivity index (χ4v) is 2.86. The van der Waals surface area contributed by atoms with E-state index in [-0.39, 0.29) is 4.90 Å². The van der Waals surface area contributed by atoms with Crippen LogP contribution in [0.1, 0.15) is 5.56 Å². The standard InChI is InChI=1S/C16H18N6O2S/c1-21(2)16-19-9-13(10-20-16)15-18-7-8-22(15)11-12-3-5-14(6-4-12)25(17,23)24/h3-10H,11H2,1-2H3,(H2,17,23,24). The first-order chi connectivity index (χ1) is 11.8. The number of nitrogens with two attached hydrogens (primary N) is 1. The van der Waals surface area contributed by atoms with Gasteiger partial charge >= 0.3 is 0 Å². The van der Waals surface area contributed by atoms with Crippen molar-refractivity contribution in [1.82, 2.24) is 19.5 Å². The van der Waals surface area contributed by atoms with Crippen LogP contribution in [0.3, 0.4) is 0 Å². The zero-order valence-electron chi connectivity index (χ0n) is 13.9. The average Bonchev–Trinajstić information content (AvgIpc) is 3.02. The molecule has 9 heteroatoms. The van der Waals surface area contributed by atoms with Crippen molar-refractivity contribution in [3.8, 4) is 11.4 Å². The van der Waals surface area contributed by atoms with E-state index in [0.717, 1.165) is 17.0 Å². The molecule has 0 saturated carbocycles. The van der Waals surface area contributed by atoms with Gasteiger partial charge in [0.2, 0.25) is 16.0 Å². The molecule has 0 fully saturated rings. The molecule has 2 N–H and O–H groups in total. The van der Waals surface area contributed by atoms with Crippen molar-refractivity contribution in [3.63, 3.8) is 0 Å². The van der Waals surface area contributed by atoms with Crippen LogP contribution in [0, 0.1) is 0 Å². The number of anilines is 1. The maximum absolute atomic E-state index is 11.3. The van der Waals surface area contributed by atoms with Crippen LogP contribution in [0.25, 0.3) is 11.4 Å². The van der Waals surface area contributed by atoms with E-state index in [1.165, 1.54) is 12.1 Å². The topological polar surface area (TPSA) is 107 Å². The summed E-state index contributed by atoms with van der Waals surface area (Å²) in [4.78, 5) is 14.9. The minimum absolute atomic E-state index is 0.0924. The van der Waals surface area contributed by atoms with Gasteiger partial charge in [0, 0.05) is 45.4 Å². The van der Waals surface area contributed by atoms with Crippen LogP contribution >= 0.6 is 0 Å². The minimum Gasteiger partial charge on any atom is -0.347 e. The van der Waals surface area contributed by atoms with Gasteiger partial charge in [-0.3, -0.25) is 0 Å². The van der Waals surface area contributed by atoms with Gasteiger partial charge in [-0.1, -0.05) is 12.1 Å². The second-order valence-electron chi connectivity index (χ2n) is 5.73. The molecule has 130 valence electrons. The van der Waals surface area contributed by atoms with Crippen molar-refractivity contribution < 1.29 is 8.42 Å². The van der Waals surface area contributed by atoms with Crippen LogP contribution in [0.15, 0.2) is 53.9 Å². The van der Waals surface area contributed by atoms with Crippen LogP contribution < -0.4 is 10.0 Å². The molecular weight excluding hydrogens is 340 g/mol. The van der Waals surface area contributed by atoms with Gasteiger partial charge in [0.15, 0.2) is 0 Å². The number of rotatable bonds is 5. The molecule has 0 saturated heterocycles. The molecule has 0 aliphatic rings. The molecule has 1 aromatic carbocycles. The lowest BCUT2D eigenvalue weighted by Gasteiger charge is -2.11. The van der Waals surface area contributed by atoms with E-state index in [1.54, 1.807) is 30.7 Å². The monoisotopic (exact) mass is 358 g/mol. The molecule has 2 heterocycles. The summed E-state index contributed by atoms with van der Waals surface area (Å²) in [6.07, 6.45) is 7.01.